The molecule has 0 bridgehead atoms. The molecule has 196 valence electrons. The van der Waals surface area contributed by atoms with Crippen molar-refractivity contribution in [1.29, 1.82) is 0 Å². The Kier molecular flexibility index (Phi) is 7.65. The fraction of sp³-hybridized carbons (Fsp3) is 0.483. The molecule has 0 spiro atoms. The van der Waals surface area contributed by atoms with Gasteiger partial charge in [-0.2, -0.15) is 0 Å². The highest BCUT2D eigenvalue weighted by Gasteiger charge is 2.33. The number of nitrogens with one attached hydrogen (secondary N) is 1. The van der Waals surface area contributed by atoms with Crippen LogP contribution in [0.3, 0.4) is 0 Å². The van der Waals surface area contributed by atoms with Crippen molar-refractivity contribution in [2.24, 2.45) is 5.92 Å². The van der Waals surface area contributed by atoms with Crippen molar-refractivity contribution in [1.82, 2.24) is 19.8 Å². The molecule has 1 aromatic heterocycles. The van der Waals surface area contributed by atoms with E-state index in [1.807, 2.05) is 38.1 Å². The third-order valence-electron chi connectivity index (χ3n) is 7.52. The van der Waals surface area contributed by atoms with Gasteiger partial charge >= 0.3 is 0 Å². The third kappa shape index (κ3) is 5.89. The highest BCUT2D eigenvalue weighted by atomic mass is 35.5. The predicted octanol–water partition coefficient (Wildman–Crippen LogP) is 4.19. The lowest BCUT2D eigenvalue weighted by molar-refractivity contribution is -0.122. The van der Waals surface area contributed by atoms with Crippen LogP contribution in [0, 0.1) is 5.92 Å². The van der Waals surface area contributed by atoms with E-state index in [9.17, 15) is 14.7 Å². The van der Waals surface area contributed by atoms with Gasteiger partial charge in [0.1, 0.15) is 12.4 Å². The van der Waals surface area contributed by atoms with Gasteiger partial charge < -0.3 is 15.3 Å². The van der Waals surface area contributed by atoms with E-state index in [0.717, 1.165) is 50.9 Å². The largest absolute Gasteiger partial charge is 0.392 e. The summed E-state index contributed by atoms with van der Waals surface area (Å²) < 4.78 is 1.46. The van der Waals surface area contributed by atoms with Crippen molar-refractivity contribution in [3.05, 3.63) is 63.4 Å². The van der Waals surface area contributed by atoms with Crippen LogP contribution < -0.4 is 10.9 Å². The number of β-amino-alcohol motifs (C(OH)–C–C–N with tert-alkyl or cyclic N) is 1. The van der Waals surface area contributed by atoms with Crippen LogP contribution in [-0.4, -0.2) is 57.2 Å². The number of hydrogen-bond acceptors (Lipinski definition) is 5. The topological polar surface area (TPSA) is 87.5 Å². The molecule has 2 aliphatic rings. The summed E-state index contributed by atoms with van der Waals surface area (Å²) in [6.07, 6.45) is 3.94. The number of fused-ring (bicyclic) bond motifs is 1. The number of hydrogen-bond donors (Lipinski definition) is 2. The minimum Gasteiger partial charge on any atom is -0.392 e. The molecule has 2 fully saturated rings. The van der Waals surface area contributed by atoms with Gasteiger partial charge in [-0.25, -0.2) is 4.98 Å². The molecule has 1 atom stereocenters. The maximum absolute atomic E-state index is 13.7. The van der Waals surface area contributed by atoms with Gasteiger partial charge in [-0.05, 0) is 87.7 Å². The molecule has 5 rings (SSSR count). The van der Waals surface area contributed by atoms with Crippen LogP contribution in [0.4, 0.5) is 0 Å². The zero-order valence-corrected chi connectivity index (χ0v) is 22.2. The monoisotopic (exact) mass is 522 g/mol. The van der Waals surface area contributed by atoms with E-state index >= 15 is 0 Å². The zero-order chi connectivity index (χ0) is 26.1. The molecule has 1 amide bonds. The normalized spacial score (nSPS) is 22.2. The number of piperidine rings is 1. The standard InChI is InChI=1S/C29H35ClN4O3/c1-18(2)31-27(36)17-34-28(21-5-3-6-23(30)13-21)32-26-9-8-20(14-25(26)29(34)37)22-11-19(12-22)15-33-10-4-7-24(35)16-33/h3,5-6,8-9,13-14,18-19,22,24,35H,4,7,10-12,15-17H2,1-2H3,(H,31,36)/t19?,22?,24-/m1/s1. The van der Waals surface area contributed by atoms with E-state index in [2.05, 4.69) is 16.3 Å². The highest BCUT2D eigenvalue weighted by Crippen LogP contribution is 2.42. The maximum Gasteiger partial charge on any atom is 0.262 e. The van der Waals surface area contributed by atoms with Gasteiger partial charge in [0.25, 0.3) is 5.56 Å². The van der Waals surface area contributed by atoms with Crippen molar-refractivity contribution < 1.29 is 9.90 Å². The van der Waals surface area contributed by atoms with Gasteiger partial charge in [-0.15, -0.1) is 0 Å². The number of rotatable bonds is 7. The van der Waals surface area contributed by atoms with Crippen LogP contribution in [0.2, 0.25) is 5.02 Å². The molecule has 1 aliphatic carbocycles. The summed E-state index contributed by atoms with van der Waals surface area (Å²) in [7, 11) is 0. The molecule has 1 aliphatic heterocycles. The van der Waals surface area contributed by atoms with Crippen LogP contribution in [0.25, 0.3) is 22.3 Å². The number of likely N-dealkylation sites (tertiary alicyclic amines) is 1. The number of carbonyl (C=O) groups excluding carboxylic acids is 1. The number of nitrogens with zero attached hydrogens (tertiary/aromatic N) is 3. The van der Waals surface area contributed by atoms with Crippen LogP contribution in [0.15, 0.2) is 47.3 Å². The molecule has 0 radical (unpaired) electrons. The molecule has 37 heavy (non-hydrogen) atoms. The van der Waals surface area contributed by atoms with Gasteiger partial charge in [0, 0.05) is 29.7 Å². The molecule has 3 aromatic rings. The quantitative estimate of drug-likeness (QED) is 0.486. The molecule has 7 nitrogen and oxygen atoms in total. The second kappa shape index (κ2) is 10.9. The number of aromatic nitrogens is 2. The maximum atomic E-state index is 13.7. The Morgan fingerprint density at radius 1 is 1.22 bits per heavy atom. The fourth-order valence-electron chi connectivity index (χ4n) is 5.72. The third-order valence-corrected chi connectivity index (χ3v) is 7.75. The molecule has 2 aromatic carbocycles. The first-order chi connectivity index (χ1) is 17.8. The molecule has 1 saturated heterocycles. The Bertz CT molecular complexity index is 1350. The molecular weight excluding hydrogens is 488 g/mol. The second-order valence-corrected chi connectivity index (χ2v) is 11.4. The van der Waals surface area contributed by atoms with Crippen LogP contribution in [-0.2, 0) is 11.3 Å². The summed E-state index contributed by atoms with van der Waals surface area (Å²) in [5.74, 6) is 1.22. The second-order valence-electron chi connectivity index (χ2n) is 10.9. The minimum absolute atomic E-state index is 0.0300. The lowest BCUT2D eigenvalue weighted by Crippen LogP contribution is -2.43. The lowest BCUT2D eigenvalue weighted by Gasteiger charge is -2.40. The average molecular weight is 523 g/mol. The van der Waals surface area contributed by atoms with E-state index in [0.29, 0.717) is 39.1 Å². The number of aliphatic hydroxyl groups excluding tert-OH is 1. The Labute approximate surface area is 222 Å². The lowest BCUT2D eigenvalue weighted by atomic mass is 9.71. The van der Waals surface area contributed by atoms with Gasteiger partial charge in [0.05, 0.1) is 17.0 Å². The molecule has 8 heteroatoms. The first-order valence-electron chi connectivity index (χ1n) is 13.3. The molecule has 1 saturated carbocycles. The summed E-state index contributed by atoms with van der Waals surface area (Å²) in [6, 6.07) is 13.1. The minimum atomic E-state index is -0.234. The Morgan fingerprint density at radius 3 is 2.76 bits per heavy atom. The summed E-state index contributed by atoms with van der Waals surface area (Å²) in [5.41, 5.74) is 2.23. The predicted molar refractivity (Wildman–Crippen MR) is 147 cm³/mol. The van der Waals surface area contributed by atoms with Crippen LogP contribution in [0.5, 0.6) is 0 Å². The van der Waals surface area contributed by atoms with Crippen molar-refractivity contribution >= 4 is 28.4 Å². The van der Waals surface area contributed by atoms with Gasteiger partial charge in [-0.1, -0.05) is 29.8 Å². The van der Waals surface area contributed by atoms with E-state index in [1.54, 1.807) is 12.1 Å². The number of aliphatic hydroxyl groups is 1. The van der Waals surface area contributed by atoms with Crippen LogP contribution >= 0.6 is 11.6 Å². The van der Waals surface area contributed by atoms with Crippen molar-refractivity contribution in [2.75, 3.05) is 19.6 Å². The molecule has 0 unspecified atom stereocenters. The van der Waals surface area contributed by atoms with Gasteiger partial charge in [0.15, 0.2) is 0 Å². The van der Waals surface area contributed by atoms with E-state index in [1.165, 1.54) is 4.57 Å². The Hall–Kier alpha value is -2.74. The fourth-order valence-corrected chi connectivity index (χ4v) is 5.91. The number of amides is 1. The van der Waals surface area contributed by atoms with Crippen molar-refractivity contribution in [3.63, 3.8) is 0 Å². The van der Waals surface area contributed by atoms with Gasteiger partial charge in [0.2, 0.25) is 5.91 Å². The molecule has 2 heterocycles. The Balaban J connectivity index is 1.42. The van der Waals surface area contributed by atoms with Crippen molar-refractivity contribution in [2.45, 2.75) is 64.1 Å². The number of halogens is 1. The Morgan fingerprint density at radius 2 is 2.03 bits per heavy atom. The molecule has 2 N–H and O–H groups in total. The summed E-state index contributed by atoms with van der Waals surface area (Å²) >= 11 is 6.23. The number of carbonyl (C=O) groups is 1. The van der Waals surface area contributed by atoms with E-state index in [4.69, 9.17) is 16.6 Å². The zero-order valence-electron chi connectivity index (χ0n) is 21.5. The van der Waals surface area contributed by atoms with Crippen molar-refractivity contribution in [3.8, 4) is 11.4 Å². The average Bonchev–Trinajstić information content (AvgIpc) is 2.82. The SMILES string of the molecule is CC(C)NC(=O)Cn1c(-c2cccc(Cl)c2)nc2ccc(C3CC(CN4CCC[C@@H](O)C4)C3)cc2c1=O. The highest BCUT2D eigenvalue weighted by molar-refractivity contribution is 6.30. The summed E-state index contributed by atoms with van der Waals surface area (Å²) in [6.45, 7) is 6.55. The first kappa shape index (κ1) is 25.9. The summed E-state index contributed by atoms with van der Waals surface area (Å²) in [5, 5.41) is 13.9. The number of benzene rings is 2. The van der Waals surface area contributed by atoms with E-state index < -0.39 is 0 Å². The van der Waals surface area contributed by atoms with Crippen LogP contribution in [0.1, 0.15) is 51.0 Å². The smallest absolute Gasteiger partial charge is 0.262 e. The van der Waals surface area contributed by atoms with Gasteiger partial charge in [-0.3, -0.25) is 14.2 Å². The van der Waals surface area contributed by atoms with E-state index in [-0.39, 0.29) is 30.2 Å². The summed E-state index contributed by atoms with van der Waals surface area (Å²) in [4.78, 5) is 33.6. The first-order valence-corrected chi connectivity index (χ1v) is 13.6. The molecular formula is C29H35ClN4O3.